The SMILES string of the molecule is Cc1ccc(C)c(C(=O)N2CCN(c3ccc(N4CCCC4)nn3)CC2)c1. The molecule has 6 nitrogen and oxygen atoms in total. The van der Waals surface area contributed by atoms with Crippen LogP contribution in [-0.4, -0.2) is 60.3 Å². The topological polar surface area (TPSA) is 52.6 Å². The molecule has 0 aliphatic carbocycles. The minimum Gasteiger partial charge on any atom is -0.355 e. The minimum atomic E-state index is 0.131. The molecule has 2 aliphatic rings. The maximum absolute atomic E-state index is 12.9. The van der Waals surface area contributed by atoms with Gasteiger partial charge in [-0.05, 0) is 50.5 Å². The number of nitrogens with zero attached hydrogens (tertiary/aromatic N) is 5. The molecular formula is C21H27N5O. The van der Waals surface area contributed by atoms with Gasteiger partial charge in [0.1, 0.15) is 0 Å². The highest BCUT2D eigenvalue weighted by Gasteiger charge is 2.24. The summed E-state index contributed by atoms with van der Waals surface area (Å²) in [6.07, 6.45) is 2.47. The maximum atomic E-state index is 12.9. The van der Waals surface area contributed by atoms with Gasteiger partial charge in [-0.25, -0.2) is 0 Å². The van der Waals surface area contributed by atoms with Crippen LogP contribution in [0.2, 0.25) is 0 Å². The van der Waals surface area contributed by atoms with Crippen molar-refractivity contribution in [1.29, 1.82) is 0 Å². The predicted molar refractivity (Wildman–Crippen MR) is 108 cm³/mol. The van der Waals surface area contributed by atoms with Crippen molar-refractivity contribution in [3.05, 3.63) is 47.0 Å². The van der Waals surface area contributed by atoms with Crippen molar-refractivity contribution >= 4 is 17.5 Å². The summed E-state index contributed by atoms with van der Waals surface area (Å²) < 4.78 is 0. The van der Waals surface area contributed by atoms with Crippen LogP contribution in [0.5, 0.6) is 0 Å². The van der Waals surface area contributed by atoms with Crippen LogP contribution >= 0.6 is 0 Å². The number of hydrogen-bond donors (Lipinski definition) is 0. The summed E-state index contributed by atoms with van der Waals surface area (Å²) in [7, 11) is 0. The van der Waals surface area contributed by atoms with Crippen LogP contribution < -0.4 is 9.80 Å². The highest BCUT2D eigenvalue weighted by atomic mass is 16.2. The second-order valence-electron chi connectivity index (χ2n) is 7.54. The molecular weight excluding hydrogens is 338 g/mol. The Hall–Kier alpha value is -2.63. The average molecular weight is 365 g/mol. The molecule has 0 saturated carbocycles. The summed E-state index contributed by atoms with van der Waals surface area (Å²) in [6, 6.07) is 10.2. The van der Waals surface area contributed by atoms with Gasteiger partial charge in [0.15, 0.2) is 11.6 Å². The fourth-order valence-corrected chi connectivity index (χ4v) is 3.88. The van der Waals surface area contributed by atoms with Gasteiger partial charge in [0, 0.05) is 44.8 Å². The second-order valence-corrected chi connectivity index (χ2v) is 7.54. The third kappa shape index (κ3) is 3.75. The normalized spacial score (nSPS) is 17.5. The van der Waals surface area contributed by atoms with Gasteiger partial charge in [-0.15, -0.1) is 10.2 Å². The Balaban J connectivity index is 1.38. The largest absolute Gasteiger partial charge is 0.355 e. The third-order valence-electron chi connectivity index (χ3n) is 5.58. The third-order valence-corrected chi connectivity index (χ3v) is 5.58. The van der Waals surface area contributed by atoms with Gasteiger partial charge in [-0.1, -0.05) is 17.7 Å². The molecule has 0 atom stereocenters. The number of anilines is 2. The van der Waals surface area contributed by atoms with Crippen LogP contribution in [-0.2, 0) is 0 Å². The summed E-state index contributed by atoms with van der Waals surface area (Å²) in [6.45, 7) is 9.17. The highest BCUT2D eigenvalue weighted by molar-refractivity contribution is 5.96. The first-order valence-electron chi connectivity index (χ1n) is 9.82. The van der Waals surface area contributed by atoms with Crippen molar-refractivity contribution < 1.29 is 4.79 Å². The van der Waals surface area contributed by atoms with E-state index in [1.54, 1.807) is 0 Å². The number of carbonyl (C=O) groups excluding carboxylic acids is 1. The number of amides is 1. The lowest BCUT2D eigenvalue weighted by Gasteiger charge is -2.35. The average Bonchev–Trinajstić information content (AvgIpc) is 3.24. The van der Waals surface area contributed by atoms with Gasteiger partial charge < -0.3 is 14.7 Å². The molecule has 142 valence electrons. The number of aryl methyl sites for hydroxylation is 2. The number of aromatic nitrogens is 2. The van der Waals surface area contributed by atoms with Crippen LogP contribution in [0.3, 0.4) is 0 Å². The van der Waals surface area contributed by atoms with E-state index >= 15 is 0 Å². The minimum absolute atomic E-state index is 0.131. The fourth-order valence-electron chi connectivity index (χ4n) is 3.88. The molecule has 1 aromatic heterocycles. The molecule has 3 heterocycles. The monoisotopic (exact) mass is 365 g/mol. The number of rotatable bonds is 3. The van der Waals surface area contributed by atoms with Gasteiger partial charge in [0.2, 0.25) is 0 Å². The Bertz CT molecular complexity index is 806. The molecule has 2 aliphatic heterocycles. The highest BCUT2D eigenvalue weighted by Crippen LogP contribution is 2.21. The van der Waals surface area contributed by atoms with Crippen molar-refractivity contribution in [1.82, 2.24) is 15.1 Å². The van der Waals surface area contributed by atoms with E-state index in [1.165, 1.54) is 12.8 Å². The smallest absolute Gasteiger partial charge is 0.254 e. The van der Waals surface area contributed by atoms with Crippen LogP contribution in [0.25, 0.3) is 0 Å². The zero-order valence-corrected chi connectivity index (χ0v) is 16.2. The zero-order valence-electron chi connectivity index (χ0n) is 16.2. The van der Waals surface area contributed by atoms with Crippen LogP contribution in [0.15, 0.2) is 30.3 Å². The first-order valence-corrected chi connectivity index (χ1v) is 9.82. The quantitative estimate of drug-likeness (QED) is 0.837. The van der Waals surface area contributed by atoms with E-state index in [2.05, 4.69) is 38.2 Å². The van der Waals surface area contributed by atoms with Crippen molar-refractivity contribution in [3.63, 3.8) is 0 Å². The Morgan fingerprint density at radius 3 is 2.00 bits per heavy atom. The molecule has 4 rings (SSSR count). The summed E-state index contributed by atoms with van der Waals surface area (Å²) in [4.78, 5) is 19.3. The Labute approximate surface area is 160 Å². The standard InChI is InChI=1S/C21H27N5O/c1-16-5-6-17(2)18(15-16)21(27)26-13-11-25(12-14-26)20-8-7-19(22-23-20)24-9-3-4-10-24/h5-8,15H,3-4,9-14H2,1-2H3. The summed E-state index contributed by atoms with van der Waals surface area (Å²) >= 11 is 0. The molecule has 1 amide bonds. The molecule has 27 heavy (non-hydrogen) atoms. The first-order chi connectivity index (χ1) is 13.1. The maximum Gasteiger partial charge on any atom is 0.254 e. The molecule has 2 aromatic rings. The van der Waals surface area contributed by atoms with Gasteiger partial charge in [0.05, 0.1) is 0 Å². The van der Waals surface area contributed by atoms with E-state index in [1.807, 2.05) is 30.9 Å². The van der Waals surface area contributed by atoms with Gasteiger partial charge in [-0.2, -0.15) is 0 Å². The Morgan fingerprint density at radius 1 is 0.815 bits per heavy atom. The number of piperazine rings is 1. The van der Waals surface area contributed by atoms with E-state index in [0.29, 0.717) is 13.1 Å². The van der Waals surface area contributed by atoms with Gasteiger partial charge in [-0.3, -0.25) is 4.79 Å². The molecule has 0 unspecified atom stereocenters. The van der Waals surface area contributed by atoms with Gasteiger partial charge >= 0.3 is 0 Å². The summed E-state index contributed by atoms with van der Waals surface area (Å²) in [5, 5.41) is 8.84. The second kappa shape index (κ2) is 7.55. The number of hydrogen-bond acceptors (Lipinski definition) is 5. The summed E-state index contributed by atoms with van der Waals surface area (Å²) in [5.74, 6) is 2.00. The van der Waals surface area contributed by atoms with Crippen LogP contribution in [0.1, 0.15) is 34.3 Å². The number of benzene rings is 1. The van der Waals surface area contributed by atoms with Crippen LogP contribution in [0, 0.1) is 13.8 Å². The Kier molecular flexibility index (Phi) is 4.97. The molecule has 6 heteroatoms. The molecule has 0 N–H and O–H groups in total. The molecule has 0 radical (unpaired) electrons. The van der Waals surface area contributed by atoms with Crippen molar-refractivity contribution in [3.8, 4) is 0 Å². The zero-order chi connectivity index (χ0) is 18.8. The molecule has 0 spiro atoms. The fraction of sp³-hybridized carbons (Fsp3) is 0.476. The lowest BCUT2D eigenvalue weighted by molar-refractivity contribution is 0.0745. The first kappa shape index (κ1) is 17.8. The van der Waals surface area contributed by atoms with E-state index < -0.39 is 0 Å². The van der Waals surface area contributed by atoms with E-state index in [9.17, 15) is 4.79 Å². The molecule has 0 bridgehead atoms. The molecule has 2 fully saturated rings. The van der Waals surface area contributed by atoms with E-state index in [-0.39, 0.29) is 5.91 Å². The Morgan fingerprint density at radius 2 is 1.41 bits per heavy atom. The lowest BCUT2D eigenvalue weighted by Crippen LogP contribution is -2.49. The van der Waals surface area contributed by atoms with Crippen LogP contribution in [0.4, 0.5) is 11.6 Å². The molecule has 1 aromatic carbocycles. The predicted octanol–water partition coefficient (Wildman–Crippen LogP) is 2.66. The molecule has 2 saturated heterocycles. The van der Waals surface area contributed by atoms with E-state index in [4.69, 9.17) is 0 Å². The van der Waals surface area contributed by atoms with Crippen molar-refractivity contribution in [2.75, 3.05) is 49.1 Å². The van der Waals surface area contributed by atoms with E-state index in [0.717, 1.165) is 54.5 Å². The van der Waals surface area contributed by atoms with Crippen molar-refractivity contribution in [2.24, 2.45) is 0 Å². The summed E-state index contributed by atoms with van der Waals surface area (Å²) in [5.41, 5.74) is 2.98. The lowest BCUT2D eigenvalue weighted by atomic mass is 10.0. The van der Waals surface area contributed by atoms with Gasteiger partial charge in [0.25, 0.3) is 5.91 Å². The van der Waals surface area contributed by atoms with Crippen molar-refractivity contribution in [2.45, 2.75) is 26.7 Å². The number of carbonyl (C=O) groups is 1.